The van der Waals surface area contributed by atoms with Gasteiger partial charge in [0.05, 0.1) is 17.6 Å². The number of thiazole rings is 1. The van der Waals surface area contributed by atoms with Crippen LogP contribution in [0.15, 0.2) is 84.9 Å². The third-order valence-corrected chi connectivity index (χ3v) is 8.62. The molecule has 7 nitrogen and oxygen atoms in total. The average Bonchev–Trinajstić information content (AvgIpc) is 3.42. The molecule has 208 valence electrons. The predicted octanol–water partition coefficient (Wildman–Crippen LogP) is 6.57. The summed E-state index contributed by atoms with van der Waals surface area (Å²) in [4.78, 5) is 30.8. The fourth-order valence-corrected chi connectivity index (χ4v) is 6.54. The highest BCUT2D eigenvalue weighted by Gasteiger charge is 2.25. The van der Waals surface area contributed by atoms with Crippen LogP contribution in [0.5, 0.6) is 0 Å². The van der Waals surface area contributed by atoms with E-state index in [4.69, 9.17) is 15.0 Å². The van der Waals surface area contributed by atoms with Crippen molar-refractivity contribution < 1.29 is 4.79 Å². The number of hydrogen-bond donors (Lipinski definition) is 2. The molecule has 41 heavy (non-hydrogen) atoms. The number of anilines is 2. The Labute approximate surface area is 244 Å². The highest BCUT2D eigenvalue weighted by atomic mass is 32.1. The van der Waals surface area contributed by atoms with Gasteiger partial charge >= 0.3 is 0 Å². The number of aromatic nitrogens is 3. The molecule has 1 aliphatic carbocycles. The van der Waals surface area contributed by atoms with Crippen LogP contribution in [0.4, 0.5) is 11.8 Å². The lowest BCUT2D eigenvalue weighted by molar-refractivity contribution is -0.121. The van der Waals surface area contributed by atoms with Crippen molar-refractivity contribution in [1.82, 2.24) is 20.3 Å². The van der Waals surface area contributed by atoms with E-state index in [1.54, 1.807) is 11.3 Å². The van der Waals surface area contributed by atoms with Gasteiger partial charge < -0.3 is 15.5 Å². The van der Waals surface area contributed by atoms with Gasteiger partial charge in [0.15, 0.2) is 0 Å². The molecule has 2 heterocycles. The van der Waals surface area contributed by atoms with E-state index < -0.39 is 0 Å². The van der Waals surface area contributed by atoms with Crippen LogP contribution in [0.25, 0.3) is 32.7 Å². The average molecular weight is 563 g/mol. The van der Waals surface area contributed by atoms with Crippen molar-refractivity contribution in [3.63, 3.8) is 0 Å². The molecule has 8 heteroatoms. The minimum absolute atomic E-state index is 0.0512. The predicted molar refractivity (Wildman–Crippen MR) is 168 cm³/mol. The molecular formula is C33H34N6OS. The lowest BCUT2D eigenvalue weighted by Gasteiger charge is -2.30. The first-order chi connectivity index (χ1) is 20.0. The van der Waals surface area contributed by atoms with Crippen LogP contribution in [-0.2, 0) is 11.2 Å². The molecule has 0 bridgehead atoms. The summed E-state index contributed by atoms with van der Waals surface area (Å²) in [5.74, 6) is 1.62. The molecule has 0 unspecified atom stereocenters. The molecule has 1 fully saturated rings. The number of fused-ring (bicyclic) bond motifs is 1. The number of carbonyl (C=O) groups excluding carboxylic acids is 1. The molecule has 5 aromatic rings. The molecule has 6 rings (SSSR count). The monoisotopic (exact) mass is 562 g/mol. The number of nitrogens with one attached hydrogen (secondary N) is 2. The number of amides is 1. The van der Waals surface area contributed by atoms with Crippen LogP contribution < -0.4 is 15.5 Å². The van der Waals surface area contributed by atoms with Crippen molar-refractivity contribution in [3.8, 4) is 21.8 Å². The molecule has 0 saturated heterocycles. The van der Waals surface area contributed by atoms with Gasteiger partial charge in [-0.3, -0.25) is 4.79 Å². The molecule has 1 aliphatic rings. The van der Waals surface area contributed by atoms with Crippen molar-refractivity contribution in [2.24, 2.45) is 0 Å². The maximum atomic E-state index is 13.2. The fraction of sp³-hybridized carbons (Fsp3) is 0.273. The standard InChI is InChI=1S/C33H34N6OS/c1-39(2)31-26-15-9-10-16-27(26)36-33(38-31)35-25-19-17-24(18-20-25)34-29(40)21-28-30(22-11-5-3-6-12-22)37-32(41-28)23-13-7-4-8-14-23/h3-16,24-25H,17-21H2,1-2H3,(H,34,40)(H,35,36,38). The molecule has 3 aromatic carbocycles. The molecule has 0 aliphatic heterocycles. The number of para-hydroxylation sites is 1. The largest absolute Gasteiger partial charge is 0.362 e. The smallest absolute Gasteiger partial charge is 0.225 e. The Morgan fingerprint density at radius 1 is 0.805 bits per heavy atom. The lowest BCUT2D eigenvalue weighted by atomic mass is 9.91. The van der Waals surface area contributed by atoms with E-state index in [2.05, 4.69) is 41.0 Å². The zero-order chi connectivity index (χ0) is 28.2. The topological polar surface area (TPSA) is 83.0 Å². The van der Waals surface area contributed by atoms with E-state index in [1.807, 2.05) is 73.6 Å². The molecule has 2 aromatic heterocycles. The fourth-order valence-electron chi connectivity index (χ4n) is 5.45. The first-order valence-corrected chi connectivity index (χ1v) is 15.0. The number of carbonyl (C=O) groups is 1. The molecule has 0 radical (unpaired) electrons. The second-order valence-corrected chi connectivity index (χ2v) is 11.8. The number of nitrogens with zero attached hydrogens (tertiary/aromatic N) is 4. The maximum Gasteiger partial charge on any atom is 0.225 e. The number of rotatable bonds is 8. The summed E-state index contributed by atoms with van der Waals surface area (Å²) in [6, 6.07) is 28.8. The lowest BCUT2D eigenvalue weighted by Crippen LogP contribution is -2.40. The summed E-state index contributed by atoms with van der Waals surface area (Å²) >= 11 is 1.60. The van der Waals surface area contributed by atoms with Crippen LogP contribution in [-0.4, -0.2) is 47.0 Å². The van der Waals surface area contributed by atoms with Gasteiger partial charge in [-0.25, -0.2) is 9.97 Å². The van der Waals surface area contributed by atoms with Crippen molar-refractivity contribution in [2.45, 2.75) is 44.2 Å². The van der Waals surface area contributed by atoms with Gasteiger partial charge in [0.2, 0.25) is 11.9 Å². The Balaban J connectivity index is 1.09. The molecule has 1 saturated carbocycles. The Hall–Kier alpha value is -4.30. The summed E-state index contributed by atoms with van der Waals surface area (Å²) in [7, 11) is 4.01. The number of hydrogen-bond acceptors (Lipinski definition) is 7. The summed E-state index contributed by atoms with van der Waals surface area (Å²) in [5.41, 5.74) is 3.93. The van der Waals surface area contributed by atoms with Crippen molar-refractivity contribution in [1.29, 1.82) is 0 Å². The Bertz CT molecular complexity index is 1630. The van der Waals surface area contributed by atoms with E-state index in [-0.39, 0.29) is 18.0 Å². The Morgan fingerprint density at radius 2 is 1.44 bits per heavy atom. The van der Waals surface area contributed by atoms with E-state index >= 15 is 0 Å². The SMILES string of the molecule is CN(C)c1nc(NC2CCC(NC(=O)Cc3sc(-c4ccccc4)nc3-c3ccccc3)CC2)nc2ccccc12. The third-order valence-electron chi connectivity index (χ3n) is 7.52. The van der Waals surface area contributed by atoms with E-state index in [1.165, 1.54) is 0 Å². The van der Waals surface area contributed by atoms with Crippen molar-refractivity contribution >= 4 is 39.9 Å². The van der Waals surface area contributed by atoms with Gasteiger partial charge in [-0.15, -0.1) is 11.3 Å². The second kappa shape index (κ2) is 12.1. The van der Waals surface area contributed by atoms with E-state index in [0.29, 0.717) is 12.4 Å². The van der Waals surface area contributed by atoms with Crippen LogP contribution >= 0.6 is 11.3 Å². The van der Waals surface area contributed by atoms with Crippen molar-refractivity contribution in [2.75, 3.05) is 24.3 Å². The molecule has 0 atom stereocenters. The molecule has 1 amide bonds. The van der Waals surface area contributed by atoms with Gasteiger partial charge in [0, 0.05) is 47.6 Å². The van der Waals surface area contributed by atoms with Crippen LogP contribution in [0, 0.1) is 0 Å². The zero-order valence-electron chi connectivity index (χ0n) is 23.4. The summed E-state index contributed by atoms with van der Waals surface area (Å²) < 4.78 is 0. The van der Waals surface area contributed by atoms with Crippen molar-refractivity contribution in [3.05, 3.63) is 89.8 Å². The molecule has 2 N–H and O–H groups in total. The maximum absolute atomic E-state index is 13.2. The minimum Gasteiger partial charge on any atom is -0.362 e. The summed E-state index contributed by atoms with van der Waals surface area (Å²) in [6.45, 7) is 0. The summed E-state index contributed by atoms with van der Waals surface area (Å²) in [5, 5.41) is 8.84. The van der Waals surface area contributed by atoms with E-state index in [9.17, 15) is 4.79 Å². The van der Waals surface area contributed by atoms with Gasteiger partial charge in [0.25, 0.3) is 0 Å². The van der Waals surface area contributed by atoms with Crippen LogP contribution in [0.3, 0.4) is 0 Å². The second-order valence-electron chi connectivity index (χ2n) is 10.7. The Morgan fingerprint density at radius 3 is 2.15 bits per heavy atom. The highest BCUT2D eigenvalue weighted by Crippen LogP contribution is 2.34. The van der Waals surface area contributed by atoms with E-state index in [0.717, 1.165) is 69.1 Å². The Kier molecular flexibility index (Phi) is 7.91. The van der Waals surface area contributed by atoms with Gasteiger partial charge in [-0.1, -0.05) is 72.8 Å². The van der Waals surface area contributed by atoms with Crippen LogP contribution in [0.1, 0.15) is 30.6 Å². The number of benzene rings is 3. The summed E-state index contributed by atoms with van der Waals surface area (Å²) in [6.07, 6.45) is 4.06. The normalized spacial score (nSPS) is 16.8. The third kappa shape index (κ3) is 6.23. The molecular weight excluding hydrogens is 528 g/mol. The minimum atomic E-state index is 0.0512. The highest BCUT2D eigenvalue weighted by molar-refractivity contribution is 7.15. The van der Waals surface area contributed by atoms with Gasteiger partial charge in [0.1, 0.15) is 10.8 Å². The van der Waals surface area contributed by atoms with Gasteiger partial charge in [-0.05, 0) is 37.8 Å². The first kappa shape index (κ1) is 26.9. The van der Waals surface area contributed by atoms with Crippen LogP contribution in [0.2, 0.25) is 0 Å². The quantitative estimate of drug-likeness (QED) is 0.223. The van der Waals surface area contributed by atoms with Gasteiger partial charge in [-0.2, -0.15) is 4.98 Å². The first-order valence-electron chi connectivity index (χ1n) is 14.1. The molecule has 0 spiro atoms. The zero-order valence-corrected chi connectivity index (χ0v) is 24.2.